The molecule has 0 bridgehead atoms. The number of carboxylic acid groups (broad SMARTS) is 1. The Hall–Kier alpha value is -1.58. The first-order valence-electron chi connectivity index (χ1n) is 4.65. The summed E-state index contributed by atoms with van der Waals surface area (Å²) in [5.41, 5.74) is 0. The summed E-state index contributed by atoms with van der Waals surface area (Å²) in [6.07, 6.45) is -0.952. The summed E-state index contributed by atoms with van der Waals surface area (Å²) < 4.78 is 18.0. The van der Waals surface area contributed by atoms with E-state index in [1.54, 1.807) is 13.8 Å². The van der Waals surface area contributed by atoms with Crippen LogP contribution >= 0.6 is 0 Å². The molecule has 15 heavy (non-hydrogen) atoms. The molecule has 1 aromatic rings. The van der Waals surface area contributed by atoms with E-state index in [4.69, 9.17) is 9.84 Å². The quantitative estimate of drug-likeness (QED) is 0.833. The van der Waals surface area contributed by atoms with Gasteiger partial charge in [-0.1, -0.05) is 19.9 Å². The monoisotopic (exact) mass is 212 g/mol. The number of halogens is 1. The normalized spacial score (nSPS) is 12.5. The van der Waals surface area contributed by atoms with E-state index in [1.165, 1.54) is 24.3 Å². The fourth-order valence-corrected chi connectivity index (χ4v) is 1.16. The van der Waals surface area contributed by atoms with Gasteiger partial charge in [-0.2, -0.15) is 0 Å². The highest BCUT2D eigenvalue weighted by molar-refractivity contribution is 5.73. The Morgan fingerprint density at radius 3 is 2.60 bits per heavy atom. The van der Waals surface area contributed by atoms with Gasteiger partial charge in [-0.15, -0.1) is 0 Å². The van der Waals surface area contributed by atoms with Crippen molar-refractivity contribution in [2.24, 2.45) is 5.92 Å². The van der Waals surface area contributed by atoms with Gasteiger partial charge in [-0.3, -0.25) is 0 Å². The van der Waals surface area contributed by atoms with Crippen LogP contribution in [0.5, 0.6) is 5.75 Å². The molecule has 0 aliphatic rings. The van der Waals surface area contributed by atoms with E-state index >= 15 is 0 Å². The molecule has 0 spiro atoms. The van der Waals surface area contributed by atoms with Crippen molar-refractivity contribution in [2.75, 3.05) is 0 Å². The zero-order valence-corrected chi connectivity index (χ0v) is 8.61. The van der Waals surface area contributed by atoms with E-state index in [0.29, 0.717) is 0 Å². The van der Waals surface area contributed by atoms with Crippen LogP contribution in [0.25, 0.3) is 0 Å². The average molecular weight is 212 g/mol. The molecule has 1 N–H and O–H groups in total. The second-order valence-electron chi connectivity index (χ2n) is 3.58. The third-order valence-electron chi connectivity index (χ3n) is 1.91. The van der Waals surface area contributed by atoms with Gasteiger partial charge in [0.2, 0.25) is 0 Å². The SMILES string of the molecule is CC(C)C(Oc1cccc(F)c1)C(=O)O. The van der Waals surface area contributed by atoms with Crippen molar-refractivity contribution in [1.82, 2.24) is 0 Å². The number of carbonyl (C=O) groups is 1. The van der Waals surface area contributed by atoms with E-state index in [-0.39, 0.29) is 11.7 Å². The number of rotatable bonds is 4. The summed E-state index contributed by atoms with van der Waals surface area (Å²) in [7, 11) is 0. The first-order chi connectivity index (χ1) is 7.00. The topological polar surface area (TPSA) is 46.5 Å². The molecule has 82 valence electrons. The third-order valence-corrected chi connectivity index (χ3v) is 1.91. The van der Waals surface area contributed by atoms with Crippen molar-refractivity contribution in [1.29, 1.82) is 0 Å². The lowest BCUT2D eigenvalue weighted by atomic mass is 10.1. The Balaban J connectivity index is 2.79. The molecule has 0 heterocycles. The average Bonchev–Trinajstić information content (AvgIpc) is 2.13. The van der Waals surface area contributed by atoms with Crippen LogP contribution in [-0.4, -0.2) is 17.2 Å². The summed E-state index contributed by atoms with van der Waals surface area (Å²) in [6.45, 7) is 3.47. The number of benzene rings is 1. The zero-order valence-electron chi connectivity index (χ0n) is 8.61. The fraction of sp³-hybridized carbons (Fsp3) is 0.364. The summed E-state index contributed by atoms with van der Waals surface area (Å²) >= 11 is 0. The molecule has 3 nitrogen and oxygen atoms in total. The lowest BCUT2D eigenvalue weighted by Crippen LogP contribution is -2.32. The largest absolute Gasteiger partial charge is 0.478 e. The molecule has 0 radical (unpaired) electrons. The van der Waals surface area contributed by atoms with Gasteiger partial charge in [-0.25, -0.2) is 9.18 Å². The van der Waals surface area contributed by atoms with Gasteiger partial charge in [0.15, 0.2) is 6.10 Å². The second-order valence-corrected chi connectivity index (χ2v) is 3.58. The maximum absolute atomic E-state index is 12.8. The van der Waals surface area contributed by atoms with Gasteiger partial charge in [0.25, 0.3) is 0 Å². The van der Waals surface area contributed by atoms with Crippen molar-refractivity contribution >= 4 is 5.97 Å². The molecule has 1 atom stereocenters. The number of ether oxygens (including phenoxy) is 1. The van der Waals surface area contributed by atoms with Gasteiger partial charge >= 0.3 is 5.97 Å². The summed E-state index contributed by atoms with van der Waals surface area (Å²) in [6, 6.07) is 5.45. The molecule has 0 amide bonds. The smallest absolute Gasteiger partial charge is 0.345 e. The van der Waals surface area contributed by atoms with E-state index in [9.17, 15) is 9.18 Å². The Labute approximate surface area is 87.5 Å². The molecule has 1 unspecified atom stereocenters. The maximum Gasteiger partial charge on any atom is 0.345 e. The lowest BCUT2D eigenvalue weighted by Gasteiger charge is -2.18. The van der Waals surface area contributed by atoms with Crippen LogP contribution in [0.3, 0.4) is 0 Å². The first kappa shape index (κ1) is 11.5. The van der Waals surface area contributed by atoms with Gasteiger partial charge in [0.1, 0.15) is 11.6 Å². The molecule has 0 aliphatic heterocycles. The highest BCUT2D eigenvalue weighted by Crippen LogP contribution is 2.17. The number of hydrogen-bond donors (Lipinski definition) is 1. The van der Waals surface area contributed by atoms with Crippen LogP contribution in [0.15, 0.2) is 24.3 Å². The Morgan fingerprint density at radius 2 is 2.13 bits per heavy atom. The molecule has 1 aromatic carbocycles. The zero-order chi connectivity index (χ0) is 11.4. The minimum absolute atomic E-state index is 0.175. The maximum atomic E-state index is 12.8. The molecule has 4 heteroatoms. The molecule has 0 aromatic heterocycles. The van der Waals surface area contributed by atoms with Crippen LogP contribution in [0.4, 0.5) is 4.39 Å². The van der Waals surface area contributed by atoms with Crippen molar-refractivity contribution in [3.8, 4) is 5.75 Å². The molecular weight excluding hydrogens is 199 g/mol. The van der Waals surface area contributed by atoms with Crippen LogP contribution in [0, 0.1) is 11.7 Å². The van der Waals surface area contributed by atoms with Gasteiger partial charge in [0, 0.05) is 12.0 Å². The lowest BCUT2D eigenvalue weighted by molar-refractivity contribution is -0.147. The van der Waals surface area contributed by atoms with Crippen molar-refractivity contribution in [3.63, 3.8) is 0 Å². The minimum atomic E-state index is -1.05. The Morgan fingerprint density at radius 1 is 1.47 bits per heavy atom. The highest BCUT2D eigenvalue weighted by atomic mass is 19.1. The second kappa shape index (κ2) is 4.77. The van der Waals surface area contributed by atoms with Gasteiger partial charge in [0.05, 0.1) is 0 Å². The third kappa shape index (κ3) is 3.23. The van der Waals surface area contributed by atoms with Crippen molar-refractivity contribution in [2.45, 2.75) is 20.0 Å². The van der Waals surface area contributed by atoms with E-state index in [1.807, 2.05) is 0 Å². The molecule has 0 fully saturated rings. The van der Waals surface area contributed by atoms with E-state index < -0.39 is 17.9 Å². The molecule has 0 saturated heterocycles. The molecule has 1 rings (SSSR count). The van der Waals surface area contributed by atoms with Crippen molar-refractivity contribution < 1.29 is 19.0 Å². The highest BCUT2D eigenvalue weighted by Gasteiger charge is 2.23. The summed E-state index contributed by atoms with van der Waals surface area (Å²) in [5, 5.41) is 8.86. The molecule has 0 saturated carbocycles. The number of hydrogen-bond acceptors (Lipinski definition) is 2. The fourth-order valence-electron chi connectivity index (χ4n) is 1.16. The summed E-state index contributed by atoms with van der Waals surface area (Å²) in [5.74, 6) is -1.43. The first-order valence-corrected chi connectivity index (χ1v) is 4.65. The molecule has 0 aliphatic carbocycles. The van der Waals surface area contributed by atoms with Crippen LogP contribution in [-0.2, 0) is 4.79 Å². The van der Waals surface area contributed by atoms with Crippen LogP contribution < -0.4 is 4.74 Å². The predicted molar refractivity (Wildman–Crippen MR) is 53.3 cm³/mol. The Bertz CT molecular complexity index is 349. The predicted octanol–water partition coefficient (Wildman–Crippen LogP) is 2.31. The standard InChI is InChI=1S/C11H13FO3/c1-7(2)10(11(13)14)15-9-5-3-4-8(12)6-9/h3-7,10H,1-2H3,(H,13,14). The van der Waals surface area contributed by atoms with Gasteiger partial charge in [-0.05, 0) is 12.1 Å². The van der Waals surface area contributed by atoms with Crippen LogP contribution in [0.2, 0.25) is 0 Å². The number of aliphatic carboxylic acids is 1. The van der Waals surface area contributed by atoms with Crippen molar-refractivity contribution in [3.05, 3.63) is 30.1 Å². The van der Waals surface area contributed by atoms with E-state index in [2.05, 4.69) is 0 Å². The van der Waals surface area contributed by atoms with E-state index in [0.717, 1.165) is 0 Å². The minimum Gasteiger partial charge on any atom is -0.478 e. The van der Waals surface area contributed by atoms with Crippen LogP contribution in [0.1, 0.15) is 13.8 Å². The summed E-state index contributed by atoms with van der Waals surface area (Å²) in [4.78, 5) is 10.8. The van der Waals surface area contributed by atoms with Gasteiger partial charge < -0.3 is 9.84 Å². The molecular formula is C11H13FO3. The number of carboxylic acids is 1. The Kier molecular flexibility index (Phi) is 3.66.